The molecule has 2 aromatic heterocycles. The van der Waals surface area contributed by atoms with Gasteiger partial charge in [-0.25, -0.2) is 4.98 Å². The third kappa shape index (κ3) is 1.26. The van der Waals surface area contributed by atoms with Gasteiger partial charge in [0.15, 0.2) is 5.82 Å². The average Bonchev–Trinajstić information content (AvgIpc) is 2.81. The van der Waals surface area contributed by atoms with Gasteiger partial charge >= 0.3 is 0 Å². The summed E-state index contributed by atoms with van der Waals surface area (Å²) in [6.07, 6.45) is 3.51. The highest BCUT2D eigenvalue weighted by atomic mass is 32.1. The molecule has 0 aliphatic heterocycles. The van der Waals surface area contributed by atoms with Gasteiger partial charge in [0, 0.05) is 4.88 Å². The summed E-state index contributed by atoms with van der Waals surface area (Å²) in [6.45, 7) is 1.90. The van der Waals surface area contributed by atoms with E-state index in [1.807, 2.05) is 6.92 Å². The largest absolute Gasteiger partial charge is 0.390 e. The summed E-state index contributed by atoms with van der Waals surface area (Å²) in [5.74, 6) is 1.59. The van der Waals surface area contributed by atoms with Crippen molar-refractivity contribution in [3.8, 4) is 11.4 Å². The number of nitrogens with one attached hydrogen (secondary N) is 1. The van der Waals surface area contributed by atoms with Crippen molar-refractivity contribution in [3.05, 3.63) is 16.3 Å². The number of nitrogen functional groups attached to an aromatic ring is 1. The summed E-state index contributed by atoms with van der Waals surface area (Å²) in [7, 11) is 0. The fourth-order valence-electron chi connectivity index (χ4n) is 2.13. The van der Waals surface area contributed by atoms with Gasteiger partial charge in [0.2, 0.25) is 0 Å². The Kier molecular flexibility index (Phi) is 1.82. The zero-order valence-electron chi connectivity index (χ0n) is 8.50. The van der Waals surface area contributed by atoms with Crippen LogP contribution in [0.1, 0.15) is 22.7 Å². The number of anilines is 1. The van der Waals surface area contributed by atoms with E-state index in [2.05, 4.69) is 15.2 Å². The summed E-state index contributed by atoms with van der Waals surface area (Å²) in [5, 5.41) is 7.91. The molecule has 0 saturated heterocycles. The first-order valence-corrected chi connectivity index (χ1v) is 5.86. The van der Waals surface area contributed by atoms with Gasteiger partial charge in [0.05, 0.1) is 10.6 Å². The number of aromatic nitrogens is 3. The van der Waals surface area contributed by atoms with Gasteiger partial charge in [0.1, 0.15) is 5.82 Å². The molecule has 3 N–H and O–H groups in total. The number of H-pyrrole nitrogens is 1. The lowest BCUT2D eigenvalue weighted by atomic mass is 10.1. The van der Waals surface area contributed by atoms with Crippen LogP contribution in [0, 0.1) is 6.92 Å². The lowest BCUT2D eigenvalue weighted by molar-refractivity contribution is 0.914. The van der Waals surface area contributed by atoms with E-state index in [0.29, 0.717) is 0 Å². The third-order valence-corrected chi connectivity index (χ3v) is 3.89. The predicted octanol–water partition coefficient (Wildman–Crippen LogP) is 1.91. The quantitative estimate of drug-likeness (QED) is 0.771. The summed E-state index contributed by atoms with van der Waals surface area (Å²) < 4.78 is 0. The van der Waals surface area contributed by atoms with Crippen LogP contribution < -0.4 is 5.73 Å². The number of hydrogen-bond acceptors (Lipinski definition) is 4. The van der Waals surface area contributed by atoms with Gasteiger partial charge in [-0.2, -0.15) is 5.10 Å². The maximum absolute atomic E-state index is 6.02. The zero-order valence-corrected chi connectivity index (χ0v) is 9.32. The highest BCUT2D eigenvalue weighted by molar-refractivity contribution is 7.16. The van der Waals surface area contributed by atoms with Crippen molar-refractivity contribution in [3.63, 3.8) is 0 Å². The van der Waals surface area contributed by atoms with Crippen LogP contribution in [0.15, 0.2) is 0 Å². The van der Waals surface area contributed by atoms with E-state index in [4.69, 9.17) is 5.73 Å². The maximum atomic E-state index is 6.02. The molecule has 0 spiro atoms. The molecule has 78 valence electrons. The van der Waals surface area contributed by atoms with Gasteiger partial charge in [-0.3, -0.25) is 5.10 Å². The average molecular weight is 220 g/mol. The van der Waals surface area contributed by atoms with E-state index in [1.165, 1.54) is 16.9 Å². The Morgan fingerprint density at radius 3 is 3.00 bits per heavy atom. The van der Waals surface area contributed by atoms with Crippen molar-refractivity contribution in [1.29, 1.82) is 0 Å². The molecular formula is C10H12N4S. The van der Waals surface area contributed by atoms with E-state index in [9.17, 15) is 0 Å². The van der Waals surface area contributed by atoms with Crippen LogP contribution in [0.2, 0.25) is 0 Å². The first-order chi connectivity index (χ1) is 7.25. The lowest BCUT2D eigenvalue weighted by Gasteiger charge is -1.96. The van der Waals surface area contributed by atoms with Crippen molar-refractivity contribution in [2.45, 2.75) is 26.2 Å². The topological polar surface area (TPSA) is 67.6 Å². The van der Waals surface area contributed by atoms with Gasteiger partial charge in [0.25, 0.3) is 0 Å². The van der Waals surface area contributed by atoms with Gasteiger partial charge in [-0.05, 0) is 31.7 Å². The molecule has 15 heavy (non-hydrogen) atoms. The van der Waals surface area contributed by atoms with Crippen LogP contribution in [-0.2, 0) is 12.8 Å². The first-order valence-electron chi connectivity index (χ1n) is 5.05. The molecule has 0 saturated carbocycles. The normalized spacial score (nSPS) is 14.5. The van der Waals surface area contributed by atoms with Crippen molar-refractivity contribution < 1.29 is 0 Å². The minimum atomic E-state index is 0.754. The number of nitrogens with zero attached hydrogens (tertiary/aromatic N) is 2. The van der Waals surface area contributed by atoms with Gasteiger partial charge in [-0.15, -0.1) is 11.3 Å². The Morgan fingerprint density at radius 1 is 1.40 bits per heavy atom. The fraction of sp³-hybridized carbons (Fsp3) is 0.400. The van der Waals surface area contributed by atoms with Crippen molar-refractivity contribution in [2.24, 2.45) is 0 Å². The number of fused-ring (bicyclic) bond motifs is 1. The maximum Gasteiger partial charge on any atom is 0.184 e. The van der Waals surface area contributed by atoms with Crippen LogP contribution >= 0.6 is 11.3 Å². The molecule has 0 unspecified atom stereocenters. The second-order valence-corrected chi connectivity index (χ2v) is 4.98. The zero-order chi connectivity index (χ0) is 10.4. The Balaban J connectivity index is 2.19. The molecule has 0 radical (unpaired) electrons. The molecule has 0 atom stereocenters. The molecule has 0 bridgehead atoms. The molecule has 2 heterocycles. The Bertz CT molecular complexity index is 511. The molecule has 0 amide bonds. The molecule has 1 aliphatic carbocycles. The van der Waals surface area contributed by atoms with Gasteiger partial charge < -0.3 is 5.73 Å². The Hall–Kier alpha value is -1.36. The molecule has 2 aromatic rings. The highest BCUT2D eigenvalue weighted by Crippen LogP contribution is 2.41. The molecular weight excluding hydrogens is 208 g/mol. The van der Waals surface area contributed by atoms with Crippen LogP contribution in [0.4, 0.5) is 5.00 Å². The van der Waals surface area contributed by atoms with E-state index >= 15 is 0 Å². The minimum absolute atomic E-state index is 0.754. The second-order valence-electron chi connectivity index (χ2n) is 3.84. The number of hydrogen-bond donors (Lipinski definition) is 2. The summed E-state index contributed by atoms with van der Waals surface area (Å²) in [5.41, 5.74) is 8.46. The summed E-state index contributed by atoms with van der Waals surface area (Å²) in [4.78, 5) is 5.77. The van der Waals surface area contributed by atoms with Crippen molar-refractivity contribution in [1.82, 2.24) is 15.2 Å². The smallest absolute Gasteiger partial charge is 0.184 e. The van der Waals surface area contributed by atoms with Gasteiger partial charge in [-0.1, -0.05) is 0 Å². The standard InChI is InChI=1S/C10H12N4S/c1-5-12-10(14-13-5)8-6-3-2-4-7(6)15-9(8)11/h2-4,11H2,1H3,(H,12,13,14). The summed E-state index contributed by atoms with van der Waals surface area (Å²) >= 11 is 1.69. The number of aromatic amines is 1. The minimum Gasteiger partial charge on any atom is -0.390 e. The molecule has 1 aliphatic rings. The Morgan fingerprint density at radius 2 is 2.27 bits per heavy atom. The predicted molar refractivity (Wildman–Crippen MR) is 60.9 cm³/mol. The second kappa shape index (κ2) is 3.06. The molecule has 3 rings (SSSR count). The van der Waals surface area contributed by atoms with E-state index < -0.39 is 0 Å². The van der Waals surface area contributed by atoms with Crippen LogP contribution in [0.25, 0.3) is 11.4 Å². The van der Waals surface area contributed by atoms with Crippen LogP contribution in [-0.4, -0.2) is 15.2 Å². The van der Waals surface area contributed by atoms with Crippen molar-refractivity contribution in [2.75, 3.05) is 5.73 Å². The summed E-state index contributed by atoms with van der Waals surface area (Å²) in [6, 6.07) is 0. The van der Waals surface area contributed by atoms with E-state index in [0.717, 1.165) is 35.1 Å². The lowest BCUT2D eigenvalue weighted by Crippen LogP contribution is -1.90. The Labute approximate surface area is 91.5 Å². The number of aryl methyl sites for hydroxylation is 2. The van der Waals surface area contributed by atoms with E-state index in [-0.39, 0.29) is 0 Å². The van der Waals surface area contributed by atoms with Crippen molar-refractivity contribution >= 4 is 16.3 Å². The molecule has 4 nitrogen and oxygen atoms in total. The monoisotopic (exact) mass is 220 g/mol. The molecule has 5 heteroatoms. The van der Waals surface area contributed by atoms with E-state index in [1.54, 1.807) is 11.3 Å². The third-order valence-electron chi connectivity index (χ3n) is 2.77. The number of thiophene rings is 1. The first kappa shape index (κ1) is 8.91. The van der Waals surface area contributed by atoms with Crippen LogP contribution in [0.3, 0.4) is 0 Å². The fourth-order valence-corrected chi connectivity index (χ4v) is 3.28. The number of nitrogens with two attached hydrogens (primary N) is 1. The highest BCUT2D eigenvalue weighted by Gasteiger charge is 2.23. The van der Waals surface area contributed by atoms with Crippen LogP contribution in [0.5, 0.6) is 0 Å². The molecule has 0 fully saturated rings. The molecule has 0 aromatic carbocycles. The number of rotatable bonds is 1. The SMILES string of the molecule is Cc1nc(-c2c(N)sc3c2CCC3)n[nH]1.